The molecule has 1 amide bonds. The minimum atomic E-state index is 0.230. The van der Waals surface area contributed by atoms with Crippen LogP contribution in [-0.2, 0) is 22.5 Å². The van der Waals surface area contributed by atoms with Crippen molar-refractivity contribution in [1.29, 1.82) is 0 Å². The van der Waals surface area contributed by atoms with E-state index < -0.39 is 0 Å². The monoisotopic (exact) mass is 294 g/mol. The van der Waals surface area contributed by atoms with Gasteiger partial charge >= 0.3 is 0 Å². The number of carbonyl (C=O) groups is 1. The Morgan fingerprint density at radius 2 is 2.30 bits per heavy atom. The van der Waals surface area contributed by atoms with Gasteiger partial charge in [0.25, 0.3) is 0 Å². The van der Waals surface area contributed by atoms with Crippen molar-refractivity contribution in [2.75, 3.05) is 32.8 Å². The van der Waals surface area contributed by atoms with Crippen LogP contribution in [0.15, 0.2) is 11.4 Å². The summed E-state index contributed by atoms with van der Waals surface area (Å²) in [5.41, 5.74) is 1.33. The van der Waals surface area contributed by atoms with Gasteiger partial charge in [-0.25, -0.2) is 0 Å². The van der Waals surface area contributed by atoms with Gasteiger partial charge in [0.15, 0.2) is 0 Å². The highest BCUT2D eigenvalue weighted by Crippen LogP contribution is 2.23. The minimum Gasteiger partial charge on any atom is -0.381 e. The predicted octanol–water partition coefficient (Wildman–Crippen LogP) is 1.65. The number of nitrogens with one attached hydrogen (secondary N) is 1. The van der Waals surface area contributed by atoms with E-state index in [0.29, 0.717) is 12.5 Å². The number of hydrogen-bond donors (Lipinski definition) is 1. The van der Waals surface area contributed by atoms with Gasteiger partial charge < -0.3 is 15.0 Å². The van der Waals surface area contributed by atoms with Crippen LogP contribution in [0.25, 0.3) is 0 Å². The van der Waals surface area contributed by atoms with Crippen LogP contribution in [0, 0.1) is 5.92 Å². The van der Waals surface area contributed by atoms with Crippen LogP contribution in [0.3, 0.4) is 0 Å². The highest BCUT2D eigenvalue weighted by Gasteiger charge is 2.21. The average Bonchev–Trinajstić information content (AvgIpc) is 2.95. The van der Waals surface area contributed by atoms with Gasteiger partial charge in [-0.1, -0.05) is 0 Å². The maximum absolute atomic E-state index is 12.2. The van der Waals surface area contributed by atoms with Crippen LogP contribution in [0.4, 0.5) is 0 Å². The number of amides is 1. The summed E-state index contributed by atoms with van der Waals surface area (Å²) in [5, 5.41) is 5.45. The molecular weight excluding hydrogens is 272 g/mol. The van der Waals surface area contributed by atoms with E-state index in [2.05, 4.69) is 16.8 Å². The van der Waals surface area contributed by atoms with E-state index in [1.165, 1.54) is 10.4 Å². The fourth-order valence-electron chi connectivity index (χ4n) is 2.91. The van der Waals surface area contributed by atoms with Gasteiger partial charge in [0.1, 0.15) is 0 Å². The molecule has 2 aliphatic heterocycles. The largest absolute Gasteiger partial charge is 0.381 e. The molecule has 1 fully saturated rings. The molecule has 0 saturated carbocycles. The summed E-state index contributed by atoms with van der Waals surface area (Å²) in [4.78, 5) is 15.6. The van der Waals surface area contributed by atoms with E-state index in [1.54, 1.807) is 0 Å². The maximum Gasteiger partial charge on any atom is 0.236 e. The standard InChI is InChI=1S/C15H22N2O2S/c18-15(10-16-9-12-2-6-19-7-3-12)17-5-1-14-13(11-17)4-8-20-14/h4,8,12,16H,1-3,5-7,9-11H2. The van der Waals surface area contributed by atoms with Crippen LogP contribution in [0.2, 0.25) is 0 Å². The zero-order valence-electron chi connectivity index (χ0n) is 11.8. The molecule has 1 saturated heterocycles. The molecule has 1 aromatic rings. The Labute approximate surface area is 124 Å². The first kappa shape index (κ1) is 14.0. The minimum absolute atomic E-state index is 0.230. The van der Waals surface area contributed by atoms with Crippen molar-refractivity contribution in [3.05, 3.63) is 21.9 Å². The molecule has 110 valence electrons. The van der Waals surface area contributed by atoms with E-state index in [-0.39, 0.29) is 5.91 Å². The lowest BCUT2D eigenvalue weighted by Gasteiger charge is -2.28. The first-order valence-corrected chi connectivity index (χ1v) is 8.32. The third-order valence-corrected chi connectivity index (χ3v) is 5.23. The fraction of sp³-hybridized carbons (Fsp3) is 0.667. The second-order valence-corrected chi connectivity index (χ2v) is 6.62. The summed E-state index contributed by atoms with van der Waals surface area (Å²) < 4.78 is 5.35. The normalized spacial score (nSPS) is 19.9. The quantitative estimate of drug-likeness (QED) is 0.918. The van der Waals surface area contributed by atoms with E-state index in [9.17, 15) is 4.79 Å². The average molecular weight is 294 g/mol. The van der Waals surface area contributed by atoms with Crippen molar-refractivity contribution in [3.63, 3.8) is 0 Å². The Hall–Kier alpha value is -0.910. The van der Waals surface area contributed by atoms with Crippen molar-refractivity contribution < 1.29 is 9.53 Å². The van der Waals surface area contributed by atoms with Gasteiger partial charge in [-0.15, -0.1) is 11.3 Å². The lowest BCUT2D eigenvalue weighted by molar-refractivity contribution is -0.131. The molecule has 0 aromatic carbocycles. The molecular formula is C15H22N2O2S. The van der Waals surface area contributed by atoms with E-state index in [0.717, 1.165) is 52.1 Å². The number of ether oxygens (including phenoxy) is 1. The van der Waals surface area contributed by atoms with Crippen LogP contribution >= 0.6 is 11.3 Å². The first-order valence-electron chi connectivity index (χ1n) is 7.44. The molecule has 0 unspecified atom stereocenters. The Morgan fingerprint density at radius 3 is 3.15 bits per heavy atom. The summed E-state index contributed by atoms with van der Waals surface area (Å²) in [7, 11) is 0. The molecule has 2 aliphatic rings. The number of nitrogens with zero attached hydrogens (tertiary/aromatic N) is 1. The first-order chi connectivity index (χ1) is 9.83. The molecule has 0 bridgehead atoms. The van der Waals surface area contributed by atoms with Crippen molar-refractivity contribution in [2.24, 2.45) is 5.92 Å². The molecule has 4 nitrogen and oxygen atoms in total. The summed E-state index contributed by atoms with van der Waals surface area (Å²) in [5.74, 6) is 0.898. The highest BCUT2D eigenvalue weighted by molar-refractivity contribution is 7.10. The van der Waals surface area contributed by atoms with Crippen LogP contribution < -0.4 is 5.32 Å². The topological polar surface area (TPSA) is 41.6 Å². The summed E-state index contributed by atoms with van der Waals surface area (Å²) in [6.45, 7) is 4.80. The summed E-state index contributed by atoms with van der Waals surface area (Å²) >= 11 is 1.81. The van der Waals surface area contributed by atoms with Gasteiger partial charge in [0.2, 0.25) is 5.91 Å². The van der Waals surface area contributed by atoms with Gasteiger partial charge in [0.05, 0.1) is 6.54 Å². The third-order valence-electron chi connectivity index (χ3n) is 4.21. The van der Waals surface area contributed by atoms with Crippen LogP contribution in [0.1, 0.15) is 23.3 Å². The lowest BCUT2D eigenvalue weighted by Crippen LogP contribution is -2.42. The zero-order chi connectivity index (χ0) is 13.8. The van der Waals surface area contributed by atoms with Crippen molar-refractivity contribution in [3.8, 4) is 0 Å². The molecule has 0 radical (unpaired) electrons. The number of hydrogen-bond acceptors (Lipinski definition) is 4. The molecule has 1 N–H and O–H groups in total. The molecule has 0 spiro atoms. The second-order valence-electron chi connectivity index (χ2n) is 5.62. The van der Waals surface area contributed by atoms with E-state index >= 15 is 0 Å². The number of rotatable bonds is 4. The second kappa shape index (κ2) is 6.70. The highest BCUT2D eigenvalue weighted by atomic mass is 32.1. The molecule has 5 heteroatoms. The molecule has 3 heterocycles. The summed E-state index contributed by atoms with van der Waals surface area (Å²) in [6, 6.07) is 2.15. The van der Waals surface area contributed by atoms with Crippen LogP contribution in [-0.4, -0.2) is 43.7 Å². The lowest BCUT2D eigenvalue weighted by atomic mass is 10.0. The van der Waals surface area contributed by atoms with Gasteiger partial charge in [-0.3, -0.25) is 4.79 Å². The Morgan fingerprint density at radius 1 is 1.45 bits per heavy atom. The zero-order valence-corrected chi connectivity index (χ0v) is 12.6. The molecule has 0 aliphatic carbocycles. The Balaban J connectivity index is 1.41. The molecule has 20 heavy (non-hydrogen) atoms. The fourth-order valence-corrected chi connectivity index (χ4v) is 3.80. The van der Waals surface area contributed by atoms with Gasteiger partial charge in [-0.2, -0.15) is 0 Å². The van der Waals surface area contributed by atoms with Crippen molar-refractivity contribution in [2.45, 2.75) is 25.8 Å². The molecule has 3 rings (SSSR count). The number of thiophene rings is 1. The van der Waals surface area contributed by atoms with Crippen molar-refractivity contribution in [1.82, 2.24) is 10.2 Å². The van der Waals surface area contributed by atoms with E-state index in [4.69, 9.17) is 4.74 Å². The molecule has 0 atom stereocenters. The number of fused-ring (bicyclic) bond motifs is 1. The smallest absolute Gasteiger partial charge is 0.236 e. The molecule has 1 aromatic heterocycles. The van der Waals surface area contributed by atoms with Gasteiger partial charge in [-0.05, 0) is 48.7 Å². The van der Waals surface area contributed by atoms with Gasteiger partial charge in [0, 0.05) is 31.2 Å². The van der Waals surface area contributed by atoms with Crippen LogP contribution in [0.5, 0.6) is 0 Å². The van der Waals surface area contributed by atoms with Crippen molar-refractivity contribution >= 4 is 17.2 Å². The number of carbonyl (C=O) groups excluding carboxylic acids is 1. The Kier molecular flexibility index (Phi) is 4.70. The van der Waals surface area contributed by atoms with E-state index in [1.807, 2.05) is 16.2 Å². The summed E-state index contributed by atoms with van der Waals surface area (Å²) in [6.07, 6.45) is 3.24. The third kappa shape index (κ3) is 3.40. The SMILES string of the molecule is O=C(CNCC1CCOCC1)N1CCc2sccc2C1. The maximum atomic E-state index is 12.2. The predicted molar refractivity (Wildman–Crippen MR) is 79.9 cm³/mol. The Bertz CT molecular complexity index is 454.